The van der Waals surface area contributed by atoms with E-state index in [0.717, 1.165) is 16.6 Å². The van der Waals surface area contributed by atoms with Gasteiger partial charge in [-0.3, -0.25) is 9.59 Å². The number of amides is 2. The van der Waals surface area contributed by atoms with Crippen molar-refractivity contribution >= 4 is 39.1 Å². The maximum atomic E-state index is 12.9. The molecule has 0 aliphatic carbocycles. The summed E-state index contributed by atoms with van der Waals surface area (Å²) in [6.07, 6.45) is -4.53. The predicted molar refractivity (Wildman–Crippen MR) is 94.7 cm³/mol. The second-order valence-corrected chi connectivity index (χ2v) is 6.87. The molecule has 1 aliphatic rings. The first-order valence-electron chi connectivity index (χ1n) is 7.78. The number of alkyl halides is 3. The Labute approximate surface area is 156 Å². The van der Waals surface area contributed by atoms with Gasteiger partial charge in [-0.25, -0.2) is 0 Å². The first kappa shape index (κ1) is 18.4. The SMILES string of the molecule is O=C(Nc1ccc(Br)cc1)[C@@H]1CC(=O)N(c2cccc(C(F)(F)F)c2)C1. The summed E-state index contributed by atoms with van der Waals surface area (Å²) in [6.45, 7) is 0.0442. The number of carbonyl (C=O) groups is 2. The molecule has 2 aromatic rings. The number of hydrogen-bond acceptors (Lipinski definition) is 2. The van der Waals surface area contributed by atoms with Crippen molar-refractivity contribution in [2.75, 3.05) is 16.8 Å². The smallest absolute Gasteiger partial charge is 0.326 e. The summed E-state index contributed by atoms with van der Waals surface area (Å²) < 4.78 is 39.4. The highest BCUT2D eigenvalue weighted by molar-refractivity contribution is 9.10. The van der Waals surface area contributed by atoms with Gasteiger partial charge in [0.1, 0.15) is 0 Å². The quantitative estimate of drug-likeness (QED) is 0.787. The van der Waals surface area contributed by atoms with Crippen molar-refractivity contribution in [3.8, 4) is 0 Å². The highest BCUT2D eigenvalue weighted by atomic mass is 79.9. The zero-order chi connectivity index (χ0) is 18.9. The van der Waals surface area contributed by atoms with Crippen LogP contribution in [-0.4, -0.2) is 18.4 Å². The molecular formula is C18H14BrF3N2O2. The van der Waals surface area contributed by atoms with Crippen molar-refractivity contribution in [2.45, 2.75) is 12.6 Å². The maximum absolute atomic E-state index is 12.9. The van der Waals surface area contributed by atoms with Crippen molar-refractivity contribution in [1.82, 2.24) is 0 Å². The lowest BCUT2D eigenvalue weighted by Gasteiger charge is -2.18. The third-order valence-electron chi connectivity index (χ3n) is 4.09. The molecule has 0 saturated carbocycles. The third kappa shape index (κ3) is 4.07. The Morgan fingerprint density at radius 2 is 1.85 bits per heavy atom. The van der Waals surface area contributed by atoms with Crippen LogP contribution < -0.4 is 10.2 Å². The molecule has 1 atom stereocenters. The largest absolute Gasteiger partial charge is 0.416 e. The highest BCUT2D eigenvalue weighted by Gasteiger charge is 2.36. The Balaban J connectivity index is 1.72. The number of nitrogens with one attached hydrogen (secondary N) is 1. The molecule has 26 heavy (non-hydrogen) atoms. The Kier molecular flexibility index (Phi) is 5.04. The number of carbonyl (C=O) groups excluding carboxylic acids is 2. The summed E-state index contributed by atoms with van der Waals surface area (Å²) in [5.74, 6) is -1.34. The first-order valence-corrected chi connectivity index (χ1v) is 8.57. The van der Waals surface area contributed by atoms with E-state index in [1.165, 1.54) is 17.0 Å². The topological polar surface area (TPSA) is 49.4 Å². The molecule has 1 heterocycles. The number of rotatable bonds is 3. The molecular weight excluding hydrogens is 413 g/mol. The lowest BCUT2D eigenvalue weighted by atomic mass is 10.1. The van der Waals surface area contributed by atoms with Gasteiger partial charge in [-0.05, 0) is 42.5 Å². The fourth-order valence-corrected chi connectivity index (χ4v) is 3.02. The van der Waals surface area contributed by atoms with Gasteiger partial charge < -0.3 is 10.2 Å². The Morgan fingerprint density at radius 3 is 2.50 bits per heavy atom. The Morgan fingerprint density at radius 1 is 1.15 bits per heavy atom. The van der Waals surface area contributed by atoms with Gasteiger partial charge in [-0.2, -0.15) is 13.2 Å². The highest BCUT2D eigenvalue weighted by Crippen LogP contribution is 2.33. The molecule has 1 saturated heterocycles. The van der Waals surface area contributed by atoms with Crippen LogP contribution in [0.3, 0.4) is 0 Å². The molecule has 0 spiro atoms. The van der Waals surface area contributed by atoms with Gasteiger partial charge in [0.2, 0.25) is 11.8 Å². The molecule has 1 fully saturated rings. The van der Waals surface area contributed by atoms with E-state index in [1.54, 1.807) is 24.3 Å². The van der Waals surface area contributed by atoms with Crippen LogP contribution in [0.5, 0.6) is 0 Å². The van der Waals surface area contributed by atoms with Crippen LogP contribution in [-0.2, 0) is 15.8 Å². The van der Waals surface area contributed by atoms with Gasteiger partial charge in [0, 0.05) is 28.8 Å². The second-order valence-electron chi connectivity index (χ2n) is 5.95. The number of nitrogens with zero attached hydrogens (tertiary/aromatic N) is 1. The summed E-state index contributed by atoms with van der Waals surface area (Å²) in [5.41, 5.74) is -0.0995. The molecule has 136 valence electrons. The van der Waals surface area contributed by atoms with Gasteiger partial charge in [0.25, 0.3) is 0 Å². The van der Waals surface area contributed by atoms with Crippen molar-refractivity contribution in [2.24, 2.45) is 5.92 Å². The van der Waals surface area contributed by atoms with Gasteiger partial charge in [-0.15, -0.1) is 0 Å². The zero-order valence-corrected chi connectivity index (χ0v) is 15.0. The van der Waals surface area contributed by atoms with E-state index in [4.69, 9.17) is 0 Å². The normalized spacial score (nSPS) is 17.5. The van der Waals surface area contributed by atoms with E-state index < -0.39 is 17.7 Å². The van der Waals surface area contributed by atoms with Crippen LogP contribution in [0.2, 0.25) is 0 Å². The second kappa shape index (κ2) is 7.11. The van der Waals surface area contributed by atoms with Gasteiger partial charge >= 0.3 is 6.18 Å². The molecule has 2 aromatic carbocycles. The fourth-order valence-electron chi connectivity index (χ4n) is 2.76. The van der Waals surface area contributed by atoms with Crippen molar-refractivity contribution < 1.29 is 22.8 Å². The zero-order valence-electron chi connectivity index (χ0n) is 13.4. The fraction of sp³-hybridized carbons (Fsp3) is 0.222. The van der Waals surface area contributed by atoms with Crippen LogP contribution in [0.1, 0.15) is 12.0 Å². The molecule has 0 radical (unpaired) electrons. The van der Waals surface area contributed by atoms with Crippen molar-refractivity contribution in [3.63, 3.8) is 0 Å². The molecule has 1 aliphatic heterocycles. The number of halogens is 4. The lowest BCUT2D eigenvalue weighted by molar-refractivity contribution is -0.137. The van der Waals surface area contributed by atoms with Crippen LogP contribution in [0.25, 0.3) is 0 Å². The van der Waals surface area contributed by atoms with Crippen LogP contribution in [0.15, 0.2) is 53.0 Å². The summed E-state index contributed by atoms with van der Waals surface area (Å²) in [6, 6.07) is 11.5. The van der Waals surface area contributed by atoms with Crippen LogP contribution >= 0.6 is 15.9 Å². The summed E-state index contributed by atoms with van der Waals surface area (Å²) >= 11 is 3.30. The molecule has 4 nitrogen and oxygen atoms in total. The number of anilines is 2. The standard InChI is InChI=1S/C18H14BrF3N2O2/c19-13-4-6-14(7-5-13)23-17(26)11-8-16(25)24(10-11)15-3-1-2-12(9-15)18(20,21)22/h1-7,9,11H,8,10H2,(H,23,26)/t11-/m1/s1. The number of hydrogen-bond donors (Lipinski definition) is 1. The van der Waals surface area contributed by atoms with Gasteiger partial charge in [0.05, 0.1) is 11.5 Å². The molecule has 3 rings (SSSR count). The van der Waals surface area contributed by atoms with Crippen LogP contribution in [0, 0.1) is 5.92 Å². The lowest BCUT2D eigenvalue weighted by Crippen LogP contribution is -2.28. The minimum Gasteiger partial charge on any atom is -0.326 e. The average Bonchev–Trinajstić information content (AvgIpc) is 2.98. The van der Waals surface area contributed by atoms with Gasteiger partial charge in [-0.1, -0.05) is 22.0 Å². The van der Waals surface area contributed by atoms with E-state index in [-0.39, 0.29) is 30.5 Å². The summed E-state index contributed by atoms with van der Waals surface area (Å²) in [5, 5.41) is 2.72. The summed E-state index contributed by atoms with van der Waals surface area (Å²) in [4.78, 5) is 25.8. The third-order valence-corrected chi connectivity index (χ3v) is 4.62. The monoisotopic (exact) mass is 426 g/mol. The minimum atomic E-state index is -4.49. The van der Waals surface area contributed by atoms with E-state index >= 15 is 0 Å². The van der Waals surface area contributed by atoms with E-state index in [2.05, 4.69) is 21.2 Å². The Hall–Kier alpha value is -2.35. The molecule has 8 heteroatoms. The average molecular weight is 427 g/mol. The molecule has 0 bridgehead atoms. The predicted octanol–water partition coefficient (Wildman–Crippen LogP) is 4.46. The Bertz CT molecular complexity index is 837. The van der Waals surface area contributed by atoms with E-state index in [1.807, 2.05) is 0 Å². The first-order chi connectivity index (χ1) is 12.2. The number of benzene rings is 2. The van der Waals surface area contributed by atoms with Crippen molar-refractivity contribution in [3.05, 3.63) is 58.6 Å². The minimum absolute atomic E-state index is 0.0430. The van der Waals surface area contributed by atoms with E-state index in [0.29, 0.717) is 5.69 Å². The maximum Gasteiger partial charge on any atom is 0.416 e. The van der Waals surface area contributed by atoms with Crippen molar-refractivity contribution in [1.29, 1.82) is 0 Å². The summed E-state index contributed by atoms with van der Waals surface area (Å²) in [7, 11) is 0. The molecule has 0 aromatic heterocycles. The van der Waals surface area contributed by atoms with E-state index in [9.17, 15) is 22.8 Å². The van der Waals surface area contributed by atoms with Crippen LogP contribution in [0.4, 0.5) is 24.5 Å². The molecule has 1 N–H and O–H groups in total. The molecule has 2 amide bonds. The molecule has 0 unspecified atom stereocenters. The van der Waals surface area contributed by atoms with Gasteiger partial charge in [0.15, 0.2) is 0 Å².